The molecule has 1 N–H and O–H groups in total. The summed E-state index contributed by atoms with van der Waals surface area (Å²) in [5.74, 6) is 0. The Balaban J connectivity index is 2.17. The highest BCUT2D eigenvalue weighted by Gasteiger charge is 2.58. The van der Waals surface area contributed by atoms with Crippen LogP contribution < -0.4 is 5.32 Å². The smallest absolute Gasteiger partial charge is 0.141 e. The molecule has 2 fully saturated rings. The van der Waals surface area contributed by atoms with Crippen LogP contribution in [-0.4, -0.2) is 59.0 Å². The molecule has 1 unspecified atom stereocenters. The maximum atomic E-state index is 5.88. The number of morpholine rings is 1. The first-order valence-corrected chi connectivity index (χ1v) is 4.66. The van der Waals surface area contributed by atoms with E-state index in [2.05, 4.69) is 13.2 Å². The van der Waals surface area contributed by atoms with Gasteiger partial charge >= 0.3 is 0 Å². The fourth-order valence-electron chi connectivity index (χ4n) is 2.56. The molecule has 2 aliphatic rings. The molecule has 5 heteroatoms. The standard InChI is InChI=1S/C8H16BNO3/c1-11-4-8-3-10-5(6(8)12-2)7(9)13-8/h5-7,10H,3-4,9H2,1-2H3/t5-,6?,7-,8+/m1/s1. The molecule has 0 aromatic carbocycles. The quantitative estimate of drug-likeness (QED) is 0.534. The maximum Gasteiger partial charge on any atom is 0.141 e. The van der Waals surface area contributed by atoms with Gasteiger partial charge in [0.1, 0.15) is 19.6 Å². The van der Waals surface area contributed by atoms with Crippen molar-refractivity contribution in [1.29, 1.82) is 0 Å². The third-order valence-corrected chi connectivity index (χ3v) is 3.05. The minimum absolute atomic E-state index is 0.127. The Hall–Kier alpha value is -0.0951. The minimum atomic E-state index is -0.256. The van der Waals surface area contributed by atoms with Gasteiger partial charge in [0.25, 0.3) is 0 Å². The van der Waals surface area contributed by atoms with Crippen molar-refractivity contribution < 1.29 is 14.2 Å². The molecule has 0 aromatic rings. The summed E-state index contributed by atoms with van der Waals surface area (Å²) in [7, 11) is 5.50. The van der Waals surface area contributed by atoms with Crippen molar-refractivity contribution in [1.82, 2.24) is 5.32 Å². The van der Waals surface area contributed by atoms with E-state index < -0.39 is 0 Å². The highest BCUT2D eigenvalue weighted by Crippen LogP contribution is 2.36. The van der Waals surface area contributed by atoms with Gasteiger partial charge in [0.15, 0.2) is 0 Å². The lowest BCUT2D eigenvalue weighted by atomic mass is 9.91. The predicted molar refractivity (Wildman–Crippen MR) is 50.6 cm³/mol. The third-order valence-electron chi connectivity index (χ3n) is 3.05. The number of rotatable bonds is 3. The van der Waals surface area contributed by atoms with Gasteiger partial charge in [0, 0.05) is 26.8 Å². The Morgan fingerprint density at radius 1 is 1.62 bits per heavy atom. The Kier molecular flexibility index (Phi) is 2.36. The largest absolute Gasteiger partial charge is 0.382 e. The molecule has 74 valence electrons. The lowest BCUT2D eigenvalue weighted by Gasteiger charge is -2.30. The number of nitrogens with one attached hydrogen (secondary N) is 1. The van der Waals surface area contributed by atoms with Crippen LogP contribution in [0.15, 0.2) is 0 Å². The fraction of sp³-hybridized carbons (Fsp3) is 1.00. The van der Waals surface area contributed by atoms with Gasteiger partial charge in [-0.1, -0.05) is 0 Å². The Labute approximate surface area is 79.3 Å². The molecule has 4 nitrogen and oxygen atoms in total. The van der Waals surface area contributed by atoms with E-state index in [-0.39, 0.29) is 17.7 Å². The van der Waals surface area contributed by atoms with E-state index in [9.17, 15) is 0 Å². The van der Waals surface area contributed by atoms with Crippen molar-refractivity contribution >= 4 is 7.85 Å². The van der Waals surface area contributed by atoms with Crippen LogP contribution in [0.5, 0.6) is 0 Å². The molecule has 2 saturated heterocycles. The van der Waals surface area contributed by atoms with Crippen molar-refractivity contribution in [2.45, 2.75) is 23.8 Å². The summed E-state index contributed by atoms with van der Waals surface area (Å²) < 4.78 is 16.5. The highest BCUT2D eigenvalue weighted by molar-refractivity contribution is 6.12. The van der Waals surface area contributed by atoms with Crippen LogP contribution in [0.2, 0.25) is 0 Å². The van der Waals surface area contributed by atoms with Crippen LogP contribution >= 0.6 is 0 Å². The summed E-state index contributed by atoms with van der Waals surface area (Å²) in [4.78, 5) is 0. The average molecular weight is 185 g/mol. The SMILES string of the molecule is B[C@@H]1O[C@]2(COC)CN[C@@H]1C2OC. The second kappa shape index (κ2) is 3.24. The zero-order chi connectivity index (χ0) is 9.47. The van der Waals surface area contributed by atoms with Gasteiger partial charge in [-0.25, -0.2) is 0 Å². The molecular formula is C8H16BNO3. The van der Waals surface area contributed by atoms with Crippen molar-refractivity contribution in [3.05, 3.63) is 0 Å². The number of ether oxygens (including phenoxy) is 3. The first kappa shape index (κ1) is 9.46. The van der Waals surface area contributed by atoms with Crippen molar-refractivity contribution in [3.8, 4) is 0 Å². The molecule has 0 aliphatic carbocycles. The average Bonchev–Trinajstić information content (AvgIpc) is 2.55. The van der Waals surface area contributed by atoms with Crippen LogP contribution in [0.25, 0.3) is 0 Å². The number of hydrogen-bond donors (Lipinski definition) is 1. The van der Waals surface area contributed by atoms with Crippen molar-refractivity contribution in [2.24, 2.45) is 0 Å². The maximum absolute atomic E-state index is 5.88. The van der Waals surface area contributed by atoms with Gasteiger partial charge in [-0.2, -0.15) is 0 Å². The molecule has 0 radical (unpaired) electrons. The Morgan fingerprint density at radius 2 is 2.38 bits per heavy atom. The van der Waals surface area contributed by atoms with Gasteiger partial charge in [-0.05, 0) is 0 Å². The van der Waals surface area contributed by atoms with E-state index in [1.165, 1.54) is 0 Å². The van der Waals surface area contributed by atoms with Crippen LogP contribution in [0, 0.1) is 0 Å². The van der Waals surface area contributed by atoms with Gasteiger partial charge in [-0.15, -0.1) is 0 Å². The van der Waals surface area contributed by atoms with Gasteiger partial charge in [0.05, 0.1) is 12.6 Å². The molecule has 2 aliphatic heterocycles. The number of fused-ring (bicyclic) bond motifs is 2. The summed E-state index contributed by atoms with van der Waals surface area (Å²) >= 11 is 0. The highest BCUT2D eigenvalue weighted by atomic mass is 16.6. The van der Waals surface area contributed by atoms with E-state index in [1.807, 2.05) is 0 Å². The Bertz CT molecular complexity index is 204. The predicted octanol–water partition coefficient (Wildman–Crippen LogP) is -1.65. The zero-order valence-electron chi connectivity index (χ0n) is 8.37. The molecule has 13 heavy (non-hydrogen) atoms. The summed E-state index contributed by atoms with van der Waals surface area (Å²) in [5, 5.41) is 3.40. The lowest BCUT2D eigenvalue weighted by Crippen LogP contribution is -2.48. The number of methoxy groups -OCH3 is 2. The van der Waals surface area contributed by atoms with Crippen molar-refractivity contribution in [2.75, 3.05) is 27.4 Å². The summed E-state index contributed by atoms with van der Waals surface area (Å²) in [6.07, 6.45) is 0.127. The molecule has 0 saturated carbocycles. The first-order chi connectivity index (χ1) is 6.23. The second-order valence-corrected chi connectivity index (χ2v) is 3.88. The topological polar surface area (TPSA) is 39.7 Å². The molecule has 0 aromatic heterocycles. The summed E-state index contributed by atoms with van der Waals surface area (Å²) in [6, 6.07) is 0.536. The lowest BCUT2D eigenvalue weighted by molar-refractivity contribution is -0.107. The van der Waals surface area contributed by atoms with Crippen LogP contribution in [0.4, 0.5) is 0 Å². The summed E-state index contributed by atoms with van der Waals surface area (Å²) in [5.41, 5.74) is -0.256. The van der Waals surface area contributed by atoms with Crippen LogP contribution in [-0.2, 0) is 14.2 Å². The van der Waals surface area contributed by atoms with E-state index in [4.69, 9.17) is 14.2 Å². The fourth-order valence-corrected chi connectivity index (χ4v) is 2.56. The van der Waals surface area contributed by atoms with Crippen LogP contribution in [0.3, 0.4) is 0 Å². The molecule has 4 atom stereocenters. The molecule has 2 heterocycles. The van der Waals surface area contributed by atoms with E-state index in [0.29, 0.717) is 12.6 Å². The normalized spacial score (nSPS) is 48.6. The zero-order valence-corrected chi connectivity index (χ0v) is 8.37. The summed E-state index contributed by atoms with van der Waals surface area (Å²) in [6.45, 7) is 1.42. The molecular weight excluding hydrogens is 169 g/mol. The molecule has 0 amide bonds. The van der Waals surface area contributed by atoms with Gasteiger partial charge in [-0.3, -0.25) is 0 Å². The van der Waals surface area contributed by atoms with Crippen LogP contribution in [0.1, 0.15) is 0 Å². The first-order valence-electron chi connectivity index (χ1n) is 4.66. The van der Waals surface area contributed by atoms with E-state index in [1.54, 1.807) is 14.2 Å². The Morgan fingerprint density at radius 3 is 2.92 bits per heavy atom. The minimum Gasteiger partial charge on any atom is -0.382 e. The van der Waals surface area contributed by atoms with E-state index in [0.717, 1.165) is 6.54 Å². The number of hydrogen-bond acceptors (Lipinski definition) is 4. The molecule has 2 rings (SSSR count). The second-order valence-electron chi connectivity index (χ2n) is 3.88. The molecule has 2 bridgehead atoms. The monoisotopic (exact) mass is 185 g/mol. The van der Waals surface area contributed by atoms with E-state index >= 15 is 0 Å². The van der Waals surface area contributed by atoms with Gasteiger partial charge < -0.3 is 19.5 Å². The van der Waals surface area contributed by atoms with Gasteiger partial charge in [0.2, 0.25) is 0 Å². The third kappa shape index (κ3) is 1.22. The molecule has 0 spiro atoms. The van der Waals surface area contributed by atoms with Crippen molar-refractivity contribution in [3.63, 3.8) is 0 Å².